The molecule has 2 heterocycles. The largest absolute Gasteiger partial charge is 0.378 e. The van der Waals surface area contributed by atoms with Crippen LogP contribution in [-0.4, -0.2) is 37.5 Å². The van der Waals surface area contributed by atoms with Gasteiger partial charge < -0.3 is 14.8 Å². The monoisotopic (exact) mass is 255 g/mol. The predicted octanol–water partition coefficient (Wildman–Crippen LogP) is 2.74. The molecule has 0 radical (unpaired) electrons. The lowest BCUT2D eigenvalue weighted by Gasteiger charge is -2.38. The molecule has 0 saturated carbocycles. The zero-order chi connectivity index (χ0) is 13.0. The molecule has 0 aromatic rings. The third-order valence-electron chi connectivity index (χ3n) is 4.26. The van der Waals surface area contributed by atoms with Crippen LogP contribution in [0.25, 0.3) is 0 Å². The van der Waals surface area contributed by atoms with Crippen LogP contribution < -0.4 is 5.32 Å². The Labute approximate surface area is 112 Å². The van der Waals surface area contributed by atoms with Gasteiger partial charge in [0.2, 0.25) is 0 Å². The van der Waals surface area contributed by atoms with E-state index >= 15 is 0 Å². The van der Waals surface area contributed by atoms with E-state index in [1.807, 2.05) is 0 Å². The molecule has 3 atom stereocenters. The van der Waals surface area contributed by atoms with Gasteiger partial charge in [0.1, 0.15) is 0 Å². The van der Waals surface area contributed by atoms with Crippen molar-refractivity contribution in [3.05, 3.63) is 0 Å². The maximum absolute atomic E-state index is 5.97. The fraction of sp³-hybridized carbons (Fsp3) is 1.00. The van der Waals surface area contributed by atoms with Crippen LogP contribution in [0, 0.1) is 5.92 Å². The van der Waals surface area contributed by atoms with Crippen molar-refractivity contribution in [2.75, 3.05) is 19.8 Å². The van der Waals surface area contributed by atoms with Crippen molar-refractivity contribution in [3.8, 4) is 0 Å². The molecule has 2 aliphatic heterocycles. The maximum atomic E-state index is 5.97. The molecule has 1 N–H and O–H groups in total. The highest BCUT2D eigenvalue weighted by atomic mass is 16.6. The van der Waals surface area contributed by atoms with Gasteiger partial charge in [-0.05, 0) is 38.5 Å². The van der Waals surface area contributed by atoms with Crippen LogP contribution in [-0.2, 0) is 9.47 Å². The summed E-state index contributed by atoms with van der Waals surface area (Å²) in [4.78, 5) is 0. The van der Waals surface area contributed by atoms with Gasteiger partial charge in [0.05, 0.1) is 12.2 Å². The second-order valence-electron chi connectivity index (χ2n) is 6.56. The molecule has 3 unspecified atom stereocenters. The number of hydrogen-bond acceptors (Lipinski definition) is 3. The van der Waals surface area contributed by atoms with Gasteiger partial charge in [0.15, 0.2) is 0 Å². The first kappa shape index (κ1) is 14.3. The molecular formula is C15H29NO2. The van der Waals surface area contributed by atoms with Gasteiger partial charge >= 0.3 is 0 Å². The highest BCUT2D eigenvalue weighted by Gasteiger charge is 2.41. The molecule has 106 valence electrons. The average Bonchev–Trinajstić information content (AvgIpc) is 2.75. The van der Waals surface area contributed by atoms with E-state index in [1.54, 1.807) is 0 Å². The molecule has 2 aliphatic rings. The lowest BCUT2D eigenvalue weighted by molar-refractivity contribution is -0.0902. The highest BCUT2D eigenvalue weighted by molar-refractivity contribution is 4.93. The third-order valence-corrected chi connectivity index (χ3v) is 4.26. The fourth-order valence-corrected chi connectivity index (χ4v) is 3.10. The molecule has 0 aliphatic carbocycles. The molecule has 0 amide bonds. The van der Waals surface area contributed by atoms with E-state index in [-0.39, 0.29) is 5.60 Å². The van der Waals surface area contributed by atoms with Crippen LogP contribution in [0.3, 0.4) is 0 Å². The quantitative estimate of drug-likeness (QED) is 0.819. The van der Waals surface area contributed by atoms with Gasteiger partial charge in [-0.3, -0.25) is 0 Å². The van der Waals surface area contributed by atoms with Crippen molar-refractivity contribution < 1.29 is 9.47 Å². The van der Waals surface area contributed by atoms with Gasteiger partial charge in [-0.1, -0.05) is 13.8 Å². The SMILES string of the molecule is CC(C)CCC(C)NC1CCOC2(CCOC2)C1. The second kappa shape index (κ2) is 6.36. The molecule has 2 saturated heterocycles. The lowest BCUT2D eigenvalue weighted by Crippen LogP contribution is -2.49. The highest BCUT2D eigenvalue weighted by Crippen LogP contribution is 2.33. The summed E-state index contributed by atoms with van der Waals surface area (Å²) >= 11 is 0. The minimum Gasteiger partial charge on any atom is -0.378 e. The van der Waals surface area contributed by atoms with Crippen LogP contribution >= 0.6 is 0 Å². The first-order valence-electron chi connectivity index (χ1n) is 7.57. The zero-order valence-corrected chi connectivity index (χ0v) is 12.2. The number of ether oxygens (including phenoxy) is 2. The lowest BCUT2D eigenvalue weighted by atomic mass is 9.89. The van der Waals surface area contributed by atoms with Crippen LogP contribution in [0.4, 0.5) is 0 Å². The van der Waals surface area contributed by atoms with Crippen LogP contribution in [0.15, 0.2) is 0 Å². The third kappa shape index (κ3) is 3.94. The Morgan fingerprint density at radius 1 is 1.22 bits per heavy atom. The molecule has 1 spiro atoms. The Bertz CT molecular complexity index is 249. The molecule has 0 bridgehead atoms. The van der Waals surface area contributed by atoms with Gasteiger partial charge in [0, 0.05) is 31.7 Å². The Balaban J connectivity index is 1.75. The van der Waals surface area contributed by atoms with Crippen LogP contribution in [0.5, 0.6) is 0 Å². The summed E-state index contributed by atoms with van der Waals surface area (Å²) in [5, 5.41) is 3.79. The summed E-state index contributed by atoms with van der Waals surface area (Å²) in [5.74, 6) is 0.804. The number of rotatable bonds is 5. The summed E-state index contributed by atoms with van der Waals surface area (Å²) in [5.41, 5.74) is 0.0354. The first-order valence-corrected chi connectivity index (χ1v) is 7.57. The van der Waals surface area contributed by atoms with E-state index in [0.717, 1.165) is 45.0 Å². The standard InChI is InChI=1S/C15H29NO2/c1-12(2)4-5-13(3)16-14-6-8-18-15(10-14)7-9-17-11-15/h12-14,16H,4-11H2,1-3H3. The fourth-order valence-electron chi connectivity index (χ4n) is 3.10. The van der Waals surface area contributed by atoms with E-state index in [1.165, 1.54) is 12.8 Å². The predicted molar refractivity (Wildman–Crippen MR) is 73.8 cm³/mol. The second-order valence-corrected chi connectivity index (χ2v) is 6.56. The van der Waals surface area contributed by atoms with E-state index < -0.39 is 0 Å². The Kier molecular flexibility index (Phi) is 5.05. The Morgan fingerprint density at radius 2 is 2.06 bits per heavy atom. The summed E-state index contributed by atoms with van der Waals surface area (Å²) in [7, 11) is 0. The topological polar surface area (TPSA) is 30.5 Å². The number of nitrogens with one attached hydrogen (secondary N) is 1. The van der Waals surface area contributed by atoms with Gasteiger partial charge in [-0.2, -0.15) is 0 Å². The van der Waals surface area contributed by atoms with E-state index in [9.17, 15) is 0 Å². The van der Waals surface area contributed by atoms with Gasteiger partial charge in [-0.15, -0.1) is 0 Å². The molecule has 0 aromatic heterocycles. The van der Waals surface area contributed by atoms with Crippen molar-refractivity contribution in [1.82, 2.24) is 5.32 Å². The van der Waals surface area contributed by atoms with Gasteiger partial charge in [-0.25, -0.2) is 0 Å². The van der Waals surface area contributed by atoms with Gasteiger partial charge in [0.25, 0.3) is 0 Å². The molecule has 3 heteroatoms. The van der Waals surface area contributed by atoms with E-state index in [4.69, 9.17) is 9.47 Å². The van der Waals surface area contributed by atoms with Crippen molar-refractivity contribution in [2.24, 2.45) is 5.92 Å². The Hall–Kier alpha value is -0.120. The van der Waals surface area contributed by atoms with Crippen molar-refractivity contribution in [1.29, 1.82) is 0 Å². The smallest absolute Gasteiger partial charge is 0.0951 e. The summed E-state index contributed by atoms with van der Waals surface area (Å²) in [6.07, 6.45) is 5.93. The van der Waals surface area contributed by atoms with Crippen LogP contribution in [0.2, 0.25) is 0 Å². The summed E-state index contributed by atoms with van der Waals surface area (Å²) in [6.45, 7) is 9.47. The van der Waals surface area contributed by atoms with Crippen molar-refractivity contribution >= 4 is 0 Å². The first-order chi connectivity index (χ1) is 8.60. The normalized spacial score (nSPS) is 34.3. The van der Waals surface area contributed by atoms with Crippen LogP contribution in [0.1, 0.15) is 52.9 Å². The molecule has 0 aromatic carbocycles. The number of hydrogen-bond donors (Lipinski definition) is 1. The van der Waals surface area contributed by atoms with E-state index in [2.05, 4.69) is 26.1 Å². The van der Waals surface area contributed by atoms with E-state index in [0.29, 0.717) is 12.1 Å². The zero-order valence-electron chi connectivity index (χ0n) is 12.2. The Morgan fingerprint density at radius 3 is 2.72 bits per heavy atom. The summed E-state index contributed by atoms with van der Waals surface area (Å²) < 4.78 is 11.5. The van der Waals surface area contributed by atoms with Crippen molar-refractivity contribution in [2.45, 2.75) is 70.6 Å². The van der Waals surface area contributed by atoms with Crippen molar-refractivity contribution in [3.63, 3.8) is 0 Å². The minimum atomic E-state index is 0.0354. The average molecular weight is 255 g/mol. The summed E-state index contributed by atoms with van der Waals surface area (Å²) in [6, 6.07) is 1.23. The molecule has 18 heavy (non-hydrogen) atoms. The molecule has 2 fully saturated rings. The minimum absolute atomic E-state index is 0.0354. The molecule has 2 rings (SSSR count). The maximum Gasteiger partial charge on any atom is 0.0951 e. The molecule has 3 nitrogen and oxygen atoms in total. The molecular weight excluding hydrogens is 226 g/mol.